The van der Waals surface area contributed by atoms with E-state index in [0.717, 1.165) is 37.3 Å². The van der Waals surface area contributed by atoms with Crippen LogP contribution in [0.25, 0.3) is 0 Å². The smallest absolute Gasteiger partial charge is 0.141 e. The maximum atomic E-state index is 13.1. The highest BCUT2D eigenvalue weighted by Crippen LogP contribution is 2.26. The molecule has 2 heterocycles. The Labute approximate surface area is 124 Å². The second kappa shape index (κ2) is 6.22. The first-order valence-corrected chi connectivity index (χ1v) is 7.31. The average Bonchev–Trinajstić information content (AvgIpc) is 2.94. The van der Waals surface area contributed by atoms with Gasteiger partial charge in [-0.2, -0.15) is 0 Å². The number of nitrogens with zero attached hydrogens (tertiary/aromatic N) is 1. The van der Waals surface area contributed by atoms with Crippen molar-refractivity contribution in [3.8, 4) is 5.75 Å². The molecular weight excluding hydrogens is 267 g/mol. The van der Waals surface area contributed by atoms with Crippen molar-refractivity contribution < 1.29 is 9.13 Å². The summed E-state index contributed by atoms with van der Waals surface area (Å²) in [6, 6.07) is 8.00. The lowest BCUT2D eigenvalue weighted by molar-refractivity contribution is 0.357. The molecule has 0 bridgehead atoms. The Bertz CT molecular complexity index is 630. The summed E-state index contributed by atoms with van der Waals surface area (Å²) in [6.07, 6.45) is 4.87. The molecule has 0 aliphatic carbocycles. The Kier molecular flexibility index (Phi) is 4.15. The van der Waals surface area contributed by atoms with Crippen molar-refractivity contribution in [2.24, 2.45) is 0 Å². The van der Waals surface area contributed by atoms with Gasteiger partial charge in [-0.05, 0) is 48.7 Å². The van der Waals surface area contributed by atoms with Gasteiger partial charge in [0.15, 0.2) is 0 Å². The van der Waals surface area contributed by atoms with E-state index in [-0.39, 0.29) is 11.9 Å². The number of ether oxygens (including phenoxy) is 1. The molecule has 0 spiro atoms. The summed E-state index contributed by atoms with van der Waals surface area (Å²) in [7, 11) is 0. The molecule has 0 unspecified atom stereocenters. The molecule has 0 amide bonds. The number of hydrogen-bond acceptors (Lipinski definition) is 3. The van der Waals surface area contributed by atoms with E-state index in [4.69, 9.17) is 4.74 Å². The molecule has 1 N–H and O–H groups in total. The number of hydrogen-bond donors (Lipinski definition) is 1. The summed E-state index contributed by atoms with van der Waals surface area (Å²) >= 11 is 0. The Morgan fingerprint density at radius 1 is 1.33 bits per heavy atom. The summed E-state index contributed by atoms with van der Waals surface area (Å²) in [5.41, 5.74) is 3.48. The number of halogens is 1. The molecular formula is C17H19FN2O. The summed E-state index contributed by atoms with van der Waals surface area (Å²) < 4.78 is 18.6. The number of fused-ring (bicyclic) bond motifs is 1. The van der Waals surface area contributed by atoms with Crippen molar-refractivity contribution >= 4 is 0 Å². The van der Waals surface area contributed by atoms with Gasteiger partial charge in [-0.1, -0.05) is 12.1 Å². The van der Waals surface area contributed by atoms with Gasteiger partial charge in [-0.3, -0.25) is 4.98 Å². The number of nitrogens with one attached hydrogen (secondary N) is 1. The molecule has 2 aromatic rings. The second-order valence-electron chi connectivity index (χ2n) is 5.40. The van der Waals surface area contributed by atoms with Crippen LogP contribution in [0.2, 0.25) is 0 Å². The molecule has 0 saturated heterocycles. The Morgan fingerprint density at radius 2 is 2.24 bits per heavy atom. The fraction of sp³-hybridized carbons (Fsp3) is 0.353. The third-order valence-electron chi connectivity index (χ3n) is 3.84. The van der Waals surface area contributed by atoms with Crippen LogP contribution in [0.5, 0.6) is 5.75 Å². The number of benzene rings is 1. The Hall–Kier alpha value is -1.94. The minimum Gasteiger partial charge on any atom is -0.493 e. The molecule has 1 atom stereocenters. The predicted octanol–water partition coefficient (Wildman–Crippen LogP) is 3.05. The Balaban J connectivity index is 1.54. The van der Waals surface area contributed by atoms with E-state index in [9.17, 15) is 4.39 Å². The van der Waals surface area contributed by atoms with Crippen molar-refractivity contribution in [2.75, 3.05) is 13.2 Å². The quantitative estimate of drug-likeness (QED) is 0.917. The van der Waals surface area contributed by atoms with Gasteiger partial charge in [0.1, 0.15) is 11.6 Å². The van der Waals surface area contributed by atoms with Crippen LogP contribution in [0.4, 0.5) is 4.39 Å². The van der Waals surface area contributed by atoms with Gasteiger partial charge in [0.2, 0.25) is 0 Å². The molecule has 0 fully saturated rings. The molecule has 110 valence electrons. The van der Waals surface area contributed by atoms with Gasteiger partial charge in [0.25, 0.3) is 0 Å². The first kappa shape index (κ1) is 14.0. The van der Waals surface area contributed by atoms with E-state index < -0.39 is 0 Å². The first-order valence-electron chi connectivity index (χ1n) is 7.31. The van der Waals surface area contributed by atoms with Gasteiger partial charge in [-0.15, -0.1) is 0 Å². The molecule has 3 rings (SSSR count). The van der Waals surface area contributed by atoms with Crippen LogP contribution in [0.15, 0.2) is 36.7 Å². The fourth-order valence-electron chi connectivity index (χ4n) is 2.61. The van der Waals surface area contributed by atoms with E-state index in [1.165, 1.54) is 23.4 Å². The summed E-state index contributed by atoms with van der Waals surface area (Å²) in [5, 5.41) is 3.40. The highest BCUT2D eigenvalue weighted by atomic mass is 19.1. The van der Waals surface area contributed by atoms with Crippen LogP contribution < -0.4 is 10.1 Å². The molecule has 4 heteroatoms. The van der Waals surface area contributed by atoms with Crippen molar-refractivity contribution in [1.29, 1.82) is 0 Å². The third kappa shape index (κ3) is 3.39. The van der Waals surface area contributed by atoms with Crippen LogP contribution in [0.1, 0.15) is 29.7 Å². The zero-order chi connectivity index (χ0) is 14.7. The third-order valence-corrected chi connectivity index (χ3v) is 3.84. The van der Waals surface area contributed by atoms with E-state index in [1.807, 2.05) is 6.92 Å². The standard InChI is InChI=1S/C17H19FN2O/c1-12(15-9-16(18)11-19-10-15)20-6-4-13-2-3-17-14(8-13)5-7-21-17/h2-3,8-12,20H,4-7H2,1H3/t12-/m0/s1. The molecule has 1 aromatic carbocycles. The monoisotopic (exact) mass is 286 g/mol. The molecule has 3 nitrogen and oxygen atoms in total. The van der Waals surface area contributed by atoms with E-state index in [1.54, 1.807) is 6.20 Å². The van der Waals surface area contributed by atoms with Crippen LogP contribution in [-0.4, -0.2) is 18.1 Å². The lowest BCUT2D eigenvalue weighted by Crippen LogP contribution is -2.21. The van der Waals surface area contributed by atoms with E-state index >= 15 is 0 Å². The normalized spacial score (nSPS) is 14.6. The van der Waals surface area contributed by atoms with Crippen LogP contribution >= 0.6 is 0 Å². The summed E-state index contributed by atoms with van der Waals surface area (Å²) in [6.45, 7) is 3.66. The average molecular weight is 286 g/mol. The highest BCUT2D eigenvalue weighted by molar-refractivity contribution is 5.39. The van der Waals surface area contributed by atoms with Crippen molar-refractivity contribution in [3.05, 3.63) is 59.2 Å². The number of pyridine rings is 1. The second-order valence-corrected chi connectivity index (χ2v) is 5.40. The lowest BCUT2D eigenvalue weighted by atomic mass is 10.1. The summed E-state index contributed by atoms with van der Waals surface area (Å²) in [4.78, 5) is 3.88. The van der Waals surface area contributed by atoms with E-state index in [2.05, 4.69) is 28.5 Å². The van der Waals surface area contributed by atoms with Crippen molar-refractivity contribution in [2.45, 2.75) is 25.8 Å². The maximum absolute atomic E-state index is 13.1. The highest BCUT2D eigenvalue weighted by Gasteiger charge is 2.12. The Morgan fingerprint density at radius 3 is 3.10 bits per heavy atom. The minimum atomic E-state index is -0.292. The van der Waals surface area contributed by atoms with Gasteiger partial charge >= 0.3 is 0 Å². The predicted molar refractivity (Wildman–Crippen MR) is 80.0 cm³/mol. The number of aromatic nitrogens is 1. The van der Waals surface area contributed by atoms with Gasteiger partial charge in [0, 0.05) is 18.7 Å². The molecule has 0 saturated carbocycles. The van der Waals surface area contributed by atoms with Gasteiger partial charge in [-0.25, -0.2) is 4.39 Å². The van der Waals surface area contributed by atoms with Crippen LogP contribution in [-0.2, 0) is 12.8 Å². The SMILES string of the molecule is C[C@H](NCCc1ccc2c(c1)CCO2)c1cncc(F)c1. The van der Waals surface area contributed by atoms with Gasteiger partial charge in [0.05, 0.1) is 12.8 Å². The van der Waals surface area contributed by atoms with Gasteiger partial charge < -0.3 is 10.1 Å². The maximum Gasteiger partial charge on any atom is 0.141 e. The molecule has 0 radical (unpaired) electrons. The lowest BCUT2D eigenvalue weighted by Gasteiger charge is -2.14. The topological polar surface area (TPSA) is 34.1 Å². The number of rotatable bonds is 5. The van der Waals surface area contributed by atoms with Crippen LogP contribution in [0.3, 0.4) is 0 Å². The molecule has 21 heavy (non-hydrogen) atoms. The zero-order valence-corrected chi connectivity index (χ0v) is 12.1. The fourth-order valence-corrected chi connectivity index (χ4v) is 2.61. The molecule has 1 aromatic heterocycles. The minimum absolute atomic E-state index is 0.0889. The van der Waals surface area contributed by atoms with Crippen LogP contribution in [0, 0.1) is 5.82 Å². The van der Waals surface area contributed by atoms with Crippen molar-refractivity contribution in [1.82, 2.24) is 10.3 Å². The zero-order valence-electron chi connectivity index (χ0n) is 12.1. The molecule has 1 aliphatic rings. The van der Waals surface area contributed by atoms with E-state index in [0.29, 0.717) is 0 Å². The first-order chi connectivity index (χ1) is 10.2. The van der Waals surface area contributed by atoms with Crippen molar-refractivity contribution in [3.63, 3.8) is 0 Å². The largest absolute Gasteiger partial charge is 0.493 e. The summed E-state index contributed by atoms with van der Waals surface area (Å²) in [5.74, 6) is 0.727. The molecule has 1 aliphatic heterocycles.